The molecule has 0 saturated carbocycles. The largest absolute Gasteiger partial charge is 0.332 e. The zero-order valence-corrected chi connectivity index (χ0v) is 14.9. The number of carbonyl (C=O) groups excluding carboxylic acids is 1. The van der Waals surface area contributed by atoms with Gasteiger partial charge < -0.3 is 10.6 Å². The van der Waals surface area contributed by atoms with Gasteiger partial charge >= 0.3 is 0 Å². The molecule has 0 spiro atoms. The van der Waals surface area contributed by atoms with Crippen LogP contribution in [0.15, 0.2) is 29.6 Å². The van der Waals surface area contributed by atoms with Crippen LogP contribution < -0.4 is 10.6 Å². The Labute approximate surface area is 150 Å². The third-order valence-corrected chi connectivity index (χ3v) is 5.00. The van der Waals surface area contributed by atoms with Crippen molar-refractivity contribution in [3.63, 3.8) is 0 Å². The van der Waals surface area contributed by atoms with Gasteiger partial charge in [0.25, 0.3) is 5.69 Å². The summed E-state index contributed by atoms with van der Waals surface area (Å²) < 4.78 is 0. The fourth-order valence-electron chi connectivity index (χ4n) is 2.06. The molecule has 0 unspecified atom stereocenters. The number of nitrogens with zero attached hydrogens (tertiary/aromatic N) is 3. The van der Waals surface area contributed by atoms with E-state index < -0.39 is 4.92 Å². The highest BCUT2D eigenvalue weighted by atomic mass is 32.1. The van der Waals surface area contributed by atoms with Crippen molar-refractivity contribution in [2.75, 3.05) is 10.6 Å². The highest BCUT2D eigenvalue weighted by Crippen LogP contribution is 2.35. The molecule has 8 nitrogen and oxygen atoms in total. The zero-order chi connectivity index (χ0) is 18.0. The molecule has 1 amide bonds. The van der Waals surface area contributed by atoms with E-state index in [1.807, 2.05) is 12.3 Å². The highest BCUT2D eigenvalue weighted by Gasteiger charge is 2.14. The van der Waals surface area contributed by atoms with E-state index in [1.54, 1.807) is 12.1 Å². The van der Waals surface area contributed by atoms with Gasteiger partial charge in [0.15, 0.2) is 10.3 Å². The number of aromatic nitrogens is 2. The second-order valence-electron chi connectivity index (χ2n) is 5.08. The van der Waals surface area contributed by atoms with Crippen LogP contribution in [0.1, 0.15) is 12.6 Å². The van der Waals surface area contributed by atoms with Crippen LogP contribution in [-0.4, -0.2) is 20.8 Å². The van der Waals surface area contributed by atoms with Gasteiger partial charge in [-0.2, -0.15) is 0 Å². The quantitative estimate of drug-likeness (QED) is 0.511. The number of carbonyl (C=O) groups is 1. The van der Waals surface area contributed by atoms with Gasteiger partial charge in [-0.3, -0.25) is 14.9 Å². The zero-order valence-electron chi connectivity index (χ0n) is 13.3. The summed E-state index contributed by atoms with van der Waals surface area (Å²) in [5.41, 5.74) is 2.31. The number of hydrogen-bond acceptors (Lipinski definition) is 8. The molecular weight excluding hydrogens is 362 g/mol. The van der Waals surface area contributed by atoms with E-state index in [4.69, 9.17) is 0 Å². The van der Waals surface area contributed by atoms with Crippen LogP contribution >= 0.6 is 22.7 Å². The van der Waals surface area contributed by atoms with Crippen molar-refractivity contribution >= 4 is 50.2 Å². The molecule has 2 aromatic heterocycles. The Kier molecular flexibility index (Phi) is 4.72. The Morgan fingerprint density at radius 3 is 2.56 bits per heavy atom. The Bertz CT molecular complexity index is 933. The monoisotopic (exact) mass is 375 g/mol. The molecule has 3 aromatic rings. The second-order valence-corrected chi connectivity index (χ2v) is 6.94. The van der Waals surface area contributed by atoms with Crippen LogP contribution in [0, 0.1) is 17.0 Å². The number of non-ortho nitro benzene ring substituents is 1. The minimum Gasteiger partial charge on any atom is -0.332 e. The summed E-state index contributed by atoms with van der Waals surface area (Å²) in [5, 5.41) is 19.6. The molecule has 10 heteroatoms. The van der Waals surface area contributed by atoms with E-state index in [2.05, 4.69) is 20.6 Å². The van der Waals surface area contributed by atoms with E-state index in [0.29, 0.717) is 16.0 Å². The summed E-state index contributed by atoms with van der Waals surface area (Å²) in [6.07, 6.45) is 0. The molecular formula is C15H13N5O3S2. The molecule has 0 atom stereocenters. The fourth-order valence-corrected chi connectivity index (χ4v) is 3.83. The Balaban J connectivity index is 1.77. The third-order valence-electron chi connectivity index (χ3n) is 3.15. The number of thiazole rings is 2. The summed E-state index contributed by atoms with van der Waals surface area (Å²) in [5.74, 6) is -0.167. The molecule has 0 aliphatic heterocycles. The molecule has 1 aromatic carbocycles. The average molecular weight is 375 g/mol. The minimum atomic E-state index is -0.440. The van der Waals surface area contributed by atoms with Crippen LogP contribution in [0.3, 0.4) is 0 Å². The maximum atomic E-state index is 11.1. The number of nitrogens with one attached hydrogen (secondary N) is 2. The normalized spacial score (nSPS) is 10.5. The van der Waals surface area contributed by atoms with Crippen molar-refractivity contribution in [3.05, 3.63) is 45.5 Å². The van der Waals surface area contributed by atoms with Crippen molar-refractivity contribution in [3.8, 4) is 10.6 Å². The number of benzene rings is 1. The summed E-state index contributed by atoms with van der Waals surface area (Å²) >= 11 is 2.78. The average Bonchev–Trinajstić information content (AvgIpc) is 3.13. The molecule has 0 saturated heterocycles. The van der Waals surface area contributed by atoms with Crippen LogP contribution in [0.2, 0.25) is 0 Å². The van der Waals surface area contributed by atoms with E-state index in [1.165, 1.54) is 41.7 Å². The molecule has 2 N–H and O–H groups in total. The summed E-state index contributed by atoms with van der Waals surface area (Å²) in [7, 11) is 0. The highest BCUT2D eigenvalue weighted by molar-refractivity contribution is 7.20. The van der Waals surface area contributed by atoms with Gasteiger partial charge in [0.2, 0.25) is 5.91 Å². The number of nitro benzene ring substituents is 1. The standard InChI is InChI=1S/C15H13N5O3S2/c1-8-13(25-15(16-8)17-9(2)21)12-7-24-14(19-12)18-10-3-5-11(6-4-10)20(22)23/h3-7H,1-2H3,(H,18,19)(H,16,17,21). The lowest BCUT2D eigenvalue weighted by Gasteiger charge is -2.01. The topological polar surface area (TPSA) is 110 Å². The Hall–Kier alpha value is -2.85. The smallest absolute Gasteiger partial charge is 0.269 e. The van der Waals surface area contributed by atoms with Gasteiger partial charge in [0, 0.05) is 30.1 Å². The molecule has 0 aliphatic rings. The van der Waals surface area contributed by atoms with Crippen LogP contribution in [0.25, 0.3) is 10.6 Å². The molecule has 2 heterocycles. The second kappa shape index (κ2) is 6.95. The number of nitro groups is 1. The fraction of sp³-hybridized carbons (Fsp3) is 0.133. The van der Waals surface area contributed by atoms with Crippen molar-refractivity contribution in [1.82, 2.24) is 9.97 Å². The van der Waals surface area contributed by atoms with Crippen LogP contribution in [-0.2, 0) is 4.79 Å². The van der Waals surface area contributed by atoms with Crippen molar-refractivity contribution < 1.29 is 9.72 Å². The van der Waals surface area contributed by atoms with Crippen LogP contribution in [0.5, 0.6) is 0 Å². The lowest BCUT2D eigenvalue weighted by molar-refractivity contribution is -0.384. The van der Waals surface area contributed by atoms with Crippen LogP contribution in [0.4, 0.5) is 21.6 Å². The Morgan fingerprint density at radius 1 is 1.20 bits per heavy atom. The molecule has 0 radical (unpaired) electrons. The summed E-state index contributed by atoms with van der Waals surface area (Å²) in [6.45, 7) is 3.30. The van der Waals surface area contributed by atoms with Gasteiger partial charge in [-0.25, -0.2) is 9.97 Å². The number of aryl methyl sites for hydroxylation is 1. The van der Waals surface area contributed by atoms with Gasteiger partial charge in [0.05, 0.1) is 21.2 Å². The lowest BCUT2D eigenvalue weighted by atomic mass is 10.3. The third kappa shape index (κ3) is 3.98. The minimum absolute atomic E-state index is 0.0381. The van der Waals surface area contributed by atoms with E-state index in [0.717, 1.165) is 16.3 Å². The predicted molar refractivity (Wildman–Crippen MR) is 98.6 cm³/mol. The first-order chi connectivity index (χ1) is 11.9. The first-order valence-corrected chi connectivity index (χ1v) is 8.84. The molecule has 0 bridgehead atoms. The van der Waals surface area contributed by atoms with Gasteiger partial charge in [-0.15, -0.1) is 11.3 Å². The molecule has 25 heavy (non-hydrogen) atoms. The van der Waals surface area contributed by atoms with Crippen molar-refractivity contribution in [2.24, 2.45) is 0 Å². The van der Waals surface area contributed by atoms with Gasteiger partial charge in [0.1, 0.15) is 0 Å². The molecule has 128 valence electrons. The number of amides is 1. The molecule has 0 aliphatic carbocycles. The maximum absolute atomic E-state index is 11.1. The SMILES string of the molecule is CC(=O)Nc1nc(C)c(-c2csc(Nc3ccc([N+](=O)[O-])cc3)n2)s1. The maximum Gasteiger partial charge on any atom is 0.269 e. The number of anilines is 3. The van der Waals surface area contributed by atoms with E-state index in [9.17, 15) is 14.9 Å². The Morgan fingerprint density at radius 2 is 1.92 bits per heavy atom. The molecule has 0 fully saturated rings. The summed E-state index contributed by atoms with van der Waals surface area (Å²) in [6, 6.07) is 6.13. The number of rotatable bonds is 5. The van der Waals surface area contributed by atoms with Gasteiger partial charge in [-0.1, -0.05) is 11.3 Å². The van der Waals surface area contributed by atoms with Crippen molar-refractivity contribution in [2.45, 2.75) is 13.8 Å². The van der Waals surface area contributed by atoms with E-state index in [-0.39, 0.29) is 11.6 Å². The number of hydrogen-bond donors (Lipinski definition) is 2. The summed E-state index contributed by atoms with van der Waals surface area (Å²) in [4.78, 5) is 31.1. The first-order valence-electron chi connectivity index (χ1n) is 7.15. The van der Waals surface area contributed by atoms with E-state index >= 15 is 0 Å². The lowest BCUT2D eigenvalue weighted by Crippen LogP contribution is -2.04. The van der Waals surface area contributed by atoms with Gasteiger partial charge in [-0.05, 0) is 19.1 Å². The first kappa shape index (κ1) is 17.0. The van der Waals surface area contributed by atoms with Crippen molar-refractivity contribution in [1.29, 1.82) is 0 Å². The molecule has 3 rings (SSSR count). The predicted octanol–water partition coefficient (Wildman–Crippen LogP) is 4.19.